The van der Waals surface area contributed by atoms with E-state index in [1.165, 1.54) is 6.07 Å². The molecule has 1 saturated heterocycles. The third-order valence-corrected chi connectivity index (χ3v) is 6.10. The Labute approximate surface area is 175 Å². The summed E-state index contributed by atoms with van der Waals surface area (Å²) in [5.41, 5.74) is 0.829. The van der Waals surface area contributed by atoms with Crippen molar-refractivity contribution >= 4 is 27.7 Å². The van der Waals surface area contributed by atoms with Gasteiger partial charge in [0.15, 0.2) is 11.7 Å². The topological polar surface area (TPSA) is 50.2 Å². The van der Waals surface area contributed by atoms with Crippen molar-refractivity contribution in [1.29, 1.82) is 0 Å². The number of rotatable bonds is 2. The number of fused-ring (bicyclic) bond motifs is 1. The van der Waals surface area contributed by atoms with Gasteiger partial charge in [0.25, 0.3) is 5.91 Å². The lowest BCUT2D eigenvalue weighted by Crippen LogP contribution is -2.36. The Morgan fingerprint density at radius 1 is 1.10 bits per heavy atom. The number of hydrogen-bond acceptors (Lipinski definition) is 3. The van der Waals surface area contributed by atoms with E-state index in [2.05, 4.69) is 26.3 Å². The Hall–Kier alpha value is -2.03. The van der Waals surface area contributed by atoms with Crippen molar-refractivity contribution < 1.29 is 18.0 Å². The third kappa shape index (κ3) is 4.29. The van der Waals surface area contributed by atoms with E-state index >= 15 is 0 Å². The largest absolute Gasteiger partial charge is 0.410 e. The maximum absolute atomic E-state index is 13.8. The smallest absolute Gasteiger partial charge is 0.363 e. The molecular formula is C20H22BrF3N4O. The van der Waals surface area contributed by atoms with Crippen molar-refractivity contribution in [2.45, 2.75) is 50.4 Å². The van der Waals surface area contributed by atoms with Gasteiger partial charge in [0.2, 0.25) is 0 Å². The number of nitrogens with zero attached hydrogens (tertiary/aromatic N) is 3. The Balaban J connectivity index is 1.64. The van der Waals surface area contributed by atoms with Gasteiger partial charge in [0.1, 0.15) is 5.82 Å². The number of nitrogens with one attached hydrogen (secondary N) is 1. The molecule has 0 aliphatic carbocycles. The van der Waals surface area contributed by atoms with Crippen LogP contribution in [0.25, 0.3) is 0 Å². The third-order valence-electron chi connectivity index (χ3n) is 5.57. The van der Waals surface area contributed by atoms with E-state index < -0.39 is 18.3 Å². The van der Waals surface area contributed by atoms with Crippen LogP contribution in [0.5, 0.6) is 0 Å². The van der Waals surface area contributed by atoms with Gasteiger partial charge in [-0.1, -0.05) is 40.9 Å². The van der Waals surface area contributed by atoms with E-state index in [1.807, 2.05) is 0 Å². The molecule has 0 spiro atoms. The second kappa shape index (κ2) is 8.01. The molecule has 156 valence electrons. The number of aromatic nitrogens is 2. The average Bonchev–Trinajstić information content (AvgIpc) is 2.92. The van der Waals surface area contributed by atoms with Crippen molar-refractivity contribution in [3.8, 4) is 0 Å². The van der Waals surface area contributed by atoms with Gasteiger partial charge in [-0.05, 0) is 30.5 Å². The molecule has 0 saturated carbocycles. The Morgan fingerprint density at radius 2 is 1.76 bits per heavy atom. The number of benzene rings is 1. The maximum Gasteiger partial charge on any atom is 0.410 e. The minimum Gasteiger partial charge on any atom is -0.363 e. The first-order valence-corrected chi connectivity index (χ1v) is 10.6. The predicted molar refractivity (Wildman–Crippen MR) is 107 cm³/mol. The van der Waals surface area contributed by atoms with Crippen LogP contribution in [0.2, 0.25) is 0 Å². The zero-order valence-electron chi connectivity index (χ0n) is 15.8. The highest BCUT2D eigenvalue weighted by atomic mass is 79.9. The van der Waals surface area contributed by atoms with Crippen molar-refractivity contribution in [3.63, 3.8) is 0 Å². The van der Waals surface area contributed by atoms with Crippen LogP contribution in [-0.2, 0) is 0 Å². The molecule has 0 radical (unpaired) electrons. The van der Waals surface area contributed by atoms with Crippen LogP contribution in [0.4, 0.5) is 19.0 Å². The van der Waals surface area contributed by atoms with Crippen molar-refractivity contribution in [3.05, 3.63) is 46.1 Å². The lowest BCUT2D eigenvalue weighted by atomic mass is 9.97. The first-order chi connectivity index (χ1) is 13.8. The van der Waals surface area contributed by atoms with Gasteiger partial charge in [0, 0.05) is 30.0 Å². The summed E-state index contributed by atoms with van der Waals surface area (Å²) in [6, 6.07) is 6.36. The van der Waals surface area contributed by atoms with E-state index in [9.17, 15) is 18.0 Å². The fraction of sp³-hybridized carbons (Fsp3) is 0.500. The molecule has 1 aromatic heterocycles. The number of alkyl halides is 3. The number of likely N-dealkylation sites (tertiary alicyclic amines) is 1. The molecule has 0 bridgehead atoms. The van der Waals surface area contributed by atoms with Crippen LogP contribution in [0, 0.1) is 0 Å². The lowest BCUT2D eigenvalue weighted by Gasteiger charge is -2.33. The summed E-state index contributed by atoms with van der Waals surface area (Å²) >= 11 is 3.34. The fourth-order valence-electron chi connectivity index (χ4n) is 4.03. The zero-order chi connectivity index (χ0) is 20.6. The first-order valence-electron chi connectivity index (χ1n) is 9.80. The molecule has 0 unspecified atom stereocenters. The van der Waals surface area contributed by atoms with Gasteiger partial charge in [-0.3, -0.25) is 4.79 Å². The van der Waals surface area contributed by atoms with Crippen LogP contribution < -0.4 is 5.32 Å². The van der Waals surface area contributed by atoms with Gasteiger partial charge in [-0.25, -0.2) is 4.68 Å². The van der Waals surface area contributed by atoms with Gasteiger partial charge in [-0.15, -0.1) is 0 Å². The molecule has 1 N–H and O–H groups in total. The molecule has 2 atom stereocenters. The Bertz CT molecular complexity index is 873. The van der Waals surface area contributed by atoms with E-state index in [0.717, 1.165) is 40.4 Å². The molecule has 4 rings (SSSR count). The highest BCUT2D eigenvalue weighted by molar-refractivity contribution is 9.10. The summed E-state index contributed by atoms with van der Waals surface area (Å²) in [7, 11) is 0. The minimum absolute atomic E-state index is 0.0695. The molecule has 1 amide bonds. The minimum atomic E-state index is -4.46. The summed E-state index contributed by atoms with van der Waals surface area (Å²) < 4.78 is 43.2. The lowest BCUT2D eigenvalue weighted by molar-refractivity contribution is -0.173. The number of amides is 1. The van der Waals surface area contributed by atoms with Gasteiger partial charge in [0.05, 0.1) is 6.04 Å². The summed E-state index contributed by atoms with van der Waals surface area (Å²) in [5, 5.41) is 7.22. The van der Waals surface area contributed by atoms with Crippen LogP contribution in [0.15, 0.2) is 34.8 Å². The number of anilines is 1. The number of hydrogen-bond donors (Lipinski definition) is 1. The van der Waals surface area contributed by atoms with Crippen LogP contribution in [-0.4, -0.2) is 39.9 Å². The number of carbonyl (C=O) groups is 1. The molecule has 3 heterocycles. The maximum atomic E-state index is 13.8. The number of carbonyl (C=O) groups excluding carboxylic acids is 1. The predicted octanol–water partition coefficient (Wildman–Crippen LogP) is 5.32. The summed E-state index contributed by atoms with van der Waals surface area (Å²) in [4.78, 5) is 14.6. The molecule has 1 fully saturated rings. The molecule has 9 heteroatoms. The second-order valence-corrected chi connectivity index (χ2v) is 8.52. The van der Waals surface area contributed by atoms with Crippen molar-refractivity contribution in [2.75, 3.05) is 18.4 Å². The molecule has 2 aliphatic heterocycles. The van der Waals surface area contributed by atoms with Gasteiger partial charge in [-0.2, -0.15) is 18.3 Å². The first kappa shape index (κ1) is 20.3. The normalized spacial score (nSPS) is 22.6. The van der Waals surface area contributed by atoms with Gasteiger partial charge < -0.3 is 10.2 Å². The van der Waals surface area contributed by atoms with Crippen molar-refractivity contribution in [2.24, 2.45) is 0 Å². The monoisotopic (exact) mass is 470 g/mol. The molecule has 2 aliphatic rings. The quantitative estimate of drug-likeness (QED) is 0.645. The molecule has 1 aromatic carbocycles. The Morgan fingerprint density at radius 3 is 2.38 bits per heavy atom. The summed E-state index contributed by atoms with van der Waals surface area (Å²) in [6.45, 7) is 1.25. The summed E-state index contributed by atoms with van der Waals surface area (Å²) in [6.07, 6.45) is -0.689. The highest BCUT2D eigenvalue weighted by Gasteiger charge is 2.47. The Kier molecular flexibility index (Phi) is 5.59. The van der Waals surface area contributed by atoms with Crippen LogP contribution in [0.1, 0.15) is 60.2 Å². The molecule has 29 heavy (non-hydrogen) atoms. The van der Waals surface area contributed by atoms with Crippen molar-refractivity contribution in [1.82, 2.24) is 14.7 Å². The molecule has 2 aromatic rings. The fourth-order valence-corrected chi connectivity index (χ4v) is 4.29. The summed E-state index contributed by atoms with van der Waals surface area (Å²) in [5.74, 6) is -0.0682. The molecule has 5 nitrogen and oxygen atoms in total. The van der Waals surface area contributed by atoms with E-state index in [4.69, 9.17) is 0 Å². The van der Waals surface area contributed by atoms with Gasteiger partial charge >= 0.3 is 6.18 Å². The van der Waals surface area contributed by atoms with E-state index in [1.54, 1.807) is 29.2 Å². The van der Waals surface area contributed by atoms with E-state index in [-0.39, 0.29) is 23.8 Å². The highest BCUT2D eigenvalue weighted by Crippen LogP contribution is 2.43. The standard InChI is InChI=1S/C20H22BrF3N4O/c21-14-7-5-13(6-8-14)15-11-17(20(22,23)24)28-18(25-15)12-16(26-28)19(29)27-9-3-1-2-4-10-27/h5-8,12,15,17,25H,1-4,9-11H2/t15-,17-/m0/s1. The molecular weight excluding hydrogens is 449 g/mol. The SMILES string of the molecule is O=C(c1cc2n(n1)[C@H](C(F)(F)F)C[C@@H](c1ccc(Br)cc1)N2)N1CCCCCC1. The van der Waals surface area contributed by atoms with Crippen LogP contribution in [0.3, 0.4) is 0 Å². The average molecular weight is 471 g/mol. The van der Waals surface area contributed by atoms with Crippen LogP contribution >= 0.6 is 15.9 Å². The zero-order valence-corrected chi connectivity index (χ0v) is 17.3. The van der Waals surface area contributed by atoms with E-state index in [0.29, 0.717) is 13.1 Å². The number of halogens is 4. The second-order valence-electron chi connectivity index (χ2n) is 7.61.